The zero-order valence-corrected chi connectivity index (χ0v) is 15.0. The molecule has 0 heterocycles. The Morgan fingerprint density at radius 1 is 0.909 bits per heavy atom. The van der Waals surface area contributed by atoms with Crippen LogP contribution in [0.25, 0.3) is 0 Å². The van der Waals surface area contributed by atoms with Crippen LogP contribution >= 0.6 is 0 Å². The Labute approximate surface area is 135 Å². The quantitative estimate of drug-likeness (QED) is 0.492. The lowest BCUT2D eigenvalue weighted by atomic mass is 10.0. The second kappa shape index (κ2) is 11.3. The number of hydrogen-bond donors (Lipinski definition) is 1. The molecule has 130 valence electrons. The number of carbonyl (C=O) groups is 2. The molecule has 0 aromatic carbocycles. The minimum absolute atomic E-state index is 0.261. The van der Waals surface area contributed by atoms with Crippen molar-refractivity contribution < 1.29 is 19.1 Å². The molecule has 0 saturated heterocycles. The second-order valence-corrected chi connectivity index (χ2v) is 7.02. The van der Waals surface area contributed by atoms with Crippen molar-refractivity contribution in [1.29, 1.82) is 0 Å². The van der Waals surface area contributed by atoms with Gasteiger partial charge in [-0.1, -0.05) is 41.5 Å². The third-order valence-corrected chi connectivity index (χ3v) is 3.00. The van der Waals surface area contributed by atoms with E-state index >= 15 is 0 Å². The summed E-state index contributed by atoms with van der Waals surface area (Å²) in [5.74, 6) is 0.754. The van der Waals surface area contributed by atoms with Gasteiger partial charge in [-0.2, -0.15) is 0 Å². The van der Waals surface area contributed by atoms with Gasteiger partial charge in [0.25, 0.3) is 0 Å². The SMILES string of the molecule is CC(C)CCCOC(=O)C(CC(C)C)NC(=O)OCC(C)C. The highest BCUT2D eigenvalue weighted by molar-refractivity contribution is 5.81. The van der Waals surface area contributed by atoms with E-state index in [-0.39, 0.29) is 17.8 Å². The van der Waals surface area contributed by atoms with Crippen molar-refractivity contribution in [3.8, 4) is 0 Å². The molecule has 0 saturated carbocycles. The number of rotatable bonds is 10. The smallest absolute Gasteiger partial charge is 0.407 e. The van der Waals surface area contributed by atoms with Crippen molar-refractivity contribution in [2.45, 2.75) is 66.8 Å². The summed E-state index contributed by atoms with van der Waals surface area (Å²) >= 11 is 0. The molecule has 5 nitrogen and oxygen atoms in total. The number of carbonyl (C=O) groups excluding carboxylic acids is 2. The van der Waals surface area contributed by atoms with Crippen LogP contribution in [-0.2, 0) is 14.3 Å². The van der Waals surface area contributed by atoms with Gasteiger partial charge in [0.15, 0.2) is 0 Å². The van der Waals surface area contributed by atoms with Gasteiger partial charge in [0.2, 0.25) is 0 Å². The molecule has 1 amide bonds. The lowest BCUT2D eigenvalue weighted by Crippen LogP contribution is -2.43. The number of alkyl carbamates (subject to hydrolysis) is 1. The molecule has 0 rings (SSSR count). The lowest BCUT2D eigenvalue weighted by molar-refractivity contribution is -0.146. The maximum atomic E-state index is 12.1. The fourth-order valence-electron chi connectivity index (χ4n) is 1.88. The molecule has 1 N–H and O–H groups in total. The molecule has 1 unspecified atom stereocenters. The zero-order chi connectivity index (χ0) is 17.1. The Morgan fingerprint density at radius 2 is 1.55 bits per heavy atom. The van der Waals surface area contributed by atoms with E-state index in [0.717, 1.165) is 12.8 Å². The van der Waals surface area contributed by atoms with Crippen LogP contribution in [0.5, 0.6) is 0 Å². The van der Waals surface area contributed by atoms with Gasteiger partial charge in [0, 0.05) is 0 Å². The molecule has 0 aliphatic heterocycles. The summed E-state index contributed by atoms with van der Waals surface area (Å²) in [5.41, 5.74) is 0. The van der Waals surface area contributed by atoms with Gasteiger partial charge in [0.1, 0.15) is 6.04 Å². The molecule has 0 radical (unpaired) electrons. The third kappa shape index (κ3) is 11.4. The molecule has 1 atom stereocenters. The first-order valence-electron chi connectivity index (χ1n) is 8.32. The van der Waals surface area contributed by atoms with E-state index in [2.05, 4.69) is 19.2 Å². The zero-order valence-electron chi connectivity index (χ0n) is 15.0. The number of hydrogen-bond acceptors (Lipinski definition) is 4. The fraction of sp³-hybridized carbons (Fsp3) is 0.882. The highest BCUT2D eigenvalue weighted by atomic mass is 16.6. The molecule has 0 aliphatic carbocycles. The Bertz CT molecular complexity index is 327. The van der Waals surface area contributed by atoms with Crippen molar-refractivity contribution in [1.82, 2.24) is 5.32 Å². The monoisotopic (exact) mass is 315 g/mol. The highest BCUT2D eigenvalue weighted by Gasteiger charge is 2.24. The molecule has 0 aromatic rings. The van der Waals surface area contributed by atoms with Crippen LogP contribution in [0.1, 0.15) is 60.8 Å². The summed E-state index contributed by atoms with van der Waals surface area (Å²) in [6, 6.07) is -0.640. The number of amides is 1. The van der Waals surface area contributed by atoms with Crippen molar-refractivity contribution in [3.63, 3.8) is 0 Å². The molecular weight excluding hydrogens is 282 g/mol. The maximum absolute atomic E-state index is 12.1. The minimum Gasteiger partial charge on any atom is -0.464 e. The minimum atomic E-state index is -0.640. The second-order valence-electron chi connectivity index (χ2n) is 7.02. The van der Waals surface area contributed by atoms with E-state index in [9.17, 15) is 9.59 Å². The van der Waals surface area contributed by atoms with Crippen molar-refractivity contribution in [2.75, 3.05) is 13.2 Å². The Kier molecular flexibility index (Phi) is 10.7. The van der Waals surface area contributed by atoms with E-state index in [1.807, 2.05) is 27.7 Å². The molecule has 0 aromatic heterocycles. The maximum Gasteiger partial charge on any atom is 0.407 e. The summed E-state index contributed by atoms with van der Waals surface area (Å²) in [7, 11) is 0. The van der Waals surface area contributed by atoms with Gasteiger partial charge in [-0.3, -0.25) is 0 Å². The van der Waals surface area contributed by atoms with Crippen LogP contribution in [0.15, 0.2) is 0 Å². The average molecular weight is 315 g/mol. The molecule has 22 heavy (non-hydrogen) atoms. The van der Waals surface area contributed by atoms with E-state index < -0.39 is 12.1 Å². The first kappa shape index (κ1) is 20.7. The van der Waals surface area contributed by atoms with Crippen LogP contribution in [0, 0.1) is 17.8 Å². The predicted octanol–water partition coefficient (Wildman–Crippen LogP) is 3.76. The summed E-state index contributed by atoms with van der Waals surface area (Å²) in [4.78, 5) is 23.8. The van der Waals surface area contributed by atoms with Gasteiger partial charge >= 0.3 is 12.1 Å². The Balaban J connectivity index is 4.30. The molecule has 0 bridgehead atoms. The van der Waals surface area contributed by atoms with Crippen LogP contribution < -0.4 is 5.32 Å². The summed E-state index contributed by atoms with van der Waals surface area (Å²) in [6.07, 6.45) is 1.85. The number of ether oxygens (including phenoxy) is 2. The van der Waals surface area contributed by atoms with E-state index in [0.29, 0.717) is 25.6 Å². The Morgan fingerprint density at radius 3 is 2.05 bits per heavy atom. The summed E-state index contributed by atoms with van der Waals surface area (Å²) < 4.78 is 10.3. The van der Waals surface area contributed by atoms with E-state index in [1.54, 1.807) is 0 Å². The first-order valence-corrected chi connectivity index (χ1v) is 8.32. The lowest BCUT2D eigenvalue weighted by Gasteiger charge is -2.19. The van der Waals surface area contributed by atoms with Gasteiger partial charge in [-0.05, 0) is 37.0 Å². The third-order valence-electron chi connectivity index (χ3n) is 3.00. The van der Waals surface area contributed by atoms with Crippen LogP contribution in [0.4, 0.5) is 4.79 Å². The van der Waals surface area contributed by atoms with Gasteiger partial charge in [-0.25, -0.2) is 9.59 Å². The number of nitrogens with one attached hydrogen (secondary N) is 1. The normalized spacial score (nSPS) is 12.6. The van der Waals surface area contributed by atoms with Gasteiger partial charge in [0.05, 0.1) is 13.2 Å². The summed E-state index contributed by atoms with van der Waals surface area (Å²) in [6.45, 7) is 12.9. The molecule has 0 fully saturated rings. The Hall–Kier alpha value is -1.26. The predicted molar refractivity (Wildman–Crippen MR) is 87.6 cm³/mol. The van der Waals surface area contributed by atoms with Gasteiger partial charge < -0.3 is 14.8 Å². The molecule has 0 spiro atoms. The van der Waals surface area contributed by atoms with Crippen molar-refractivity contribution in [2.24, 2.45) is 17.8 Å². The van der Waals surface area contributed by atoms with Gasteiger partial charge in [-0.15, -0.1) is 0 Å². The van der Waals surface area contributed by atoms with Crippen molar-refractivity contribution >= 4 is 12.1 Å². The largest absolute Gasteiger partial charge is 0.464 e. The van der Waals surface area contributed by atoms with E-state index in [1.165, 1.54) is 0 Å². The molecule has 5 heteroatoms. The standard InChI is InChI=1S/C17H33NO4/c1-12(2)8-7-9-21-16(19)15(10-13(3)4)18-17(20)22-11-14(5)6/h12-15H,7-11H2,1-6H3,(H,18,20). The highest BCUT2D eigenvalue weighted by Crippen LogP contribution is 2.09. The molecular formula is C17H33NO4. The average Bonchev–Trinajstić information content (AvgIpc) is 2.39. The van der Waals surface area contributed by atoms with Crippen LogP contribution in [0.2, 0.25) is 0 Å². The molecule has 0 aliphatic rings. The van der Waals surface area contributed by atoms with Crippen LogP contribution in [0.3, 0.4) is 0 Å². The van der Waals surface area contributed by atoms with E-state index in [4.69, 9.17) is 9.47 Å². The first-order chi connectivity index (χ1) is 10.2. The topological polar surface area (TPSA) is 64.6 Å². The summed E-state index contributed by atoms with van der Waals surface area (Å²) in [5, 5.41) is 2.62. The number of esters is 1. The van der Waals surface area contributed by atoms with Crippen molar-refractivity contribution in [3.05, 3.63) is 0 Å². The fourth-order valence-corrected chi connectivity index (χ4v) is 1.88. The van der Waals surface area contributed by atoms with Crippen LogP contribution in [-0.4, -0.2) is 31.3 Å².